The van der Waals surface area contributed by atoms with Crippen LogP contribution in [-0.4, -0.2) is 18.2 Å². The molecule has 1 rings (SSSR count). The molecule has 4 heteroatoms. The first kappa shape index (κ1) is 8.23. The Balaban J connectivity index is 3.01. The molecule has 0 aromatic heterocycles. The van der Waals surface area contributed by atoms with E-state index in [0.717, 1.165) is 0 Å². The van der Waals surface area contributed by atoms with Crippen LogP contribution in [0.2, 0.25) is 0 Å². The standard InChI is InChI=1S/C7H8O3S/c1-6-4-2-3-5-7(6)11(8,9)10/h2-5,7H,1H2,(H,8,9,10). The van der Waals surface area contributed by atoms with Crippen molar-refractivity contribution >= 4 is 10.1 Å². The van der Waals surface area contributed by atoms with Gasteiger partial charge in [0.25, 0.3) is 10.1 Å². The SMILES string of the molecule is C=C1C=CC=CC1S(=O)(=O)O. The zero-order valence-electron chi connectivity index (χ0n) is 5.77. The highest BCUT2D eigenvalue weighted by molar-refractivity contribution is 7.86. The Morgan fingerprint density at radius 2 is 2.09 bits per heavy atom. The second-order valence-corrected chi connectivity index (χ2v) is 3.79. The normalized spacial score (nSPS) is 24.1. The van der Waals surface area contributed by atoms with Crippen molar-refractivity contribution < 1.29 is 13.0 Å². The topological polar surface area (TPSA) is 54.4 Å². The van der Waals surface area contributed by atoms with E-state index in [0.29, 0.717) is 5.57 Å². The van der Waals surface area contributed by atoms with Crippen molar-refractivity contribution in [2.45, 2.75) is 5.25 Å². The molecule has 0 aromatic carbocycles. The lowest BCUT2D eigenvalue weighted by Crippen LogP contribution is -2.20. The molecule has 60 valence electrons. The van der Waals surface area contributed by atoms with E-state index in [1.165, 1.54) is 6.08 Å². The lowest BCUT2D eigenvalue weighted by molar-refractivity contribution is 0.480. The minimum atomic E-state index is -4.01. The Morgan fingerprint density at radius 3 is 2.45 bits per heavy atom. The van der Waals surface area contributed by atoms with Gasteiger partial charge in [-0.3, -0.25) is 4.55 Å². The first-order chi connectivity index (χ1) is 5.02. The van der Waals surface area contributed by atoms with Crippen LogP contribution in [0, 0.1) is 0 Å². The molecule has 1 atom stereocenters. The van der Waals surface area contributed by atoms with Gasteiger partial charge in [0.1, 0.15) is 5.25 Å². The Kier molecular flexibility index (Phi) is 1.97. The molecule has 0 heterocycles. The van der Waals surface area contributed by atoms with Gasteiger partial charge in [-0.2, -0.15) is 8.42 Å². The summed E-state index contributed by atoms with van der Waals surface area (Å²) in [6.07, 6.45) is 6.17. The Labute approximate surface area is 65.5 Å². The lowest BCUT2D eigenvalue weighted by atomic mass is 10.1. The van der Waals surface area contributed by atoms with Gasteiger partial charge in [-0.05, 0) is 5.57 Å². The molecule has 1 N–H and O–H groups in total. The van der Waals surface area contributed by atoms with Crippen molar-refractivity contribution in [3.63, 3.8) is 0 Å². The summed E-state index contributed by atoms with van der Waals surface area (Å²) in [6.45, 7) is 3.48. The minimum absolute atomic E-state index is 0.384. The largest absolute Gasteiger partial charge is 0.285 e. The van der Waals surface area contributed by atoms with Crippen molar-refractivity contribution in [3.8, 4) is 0 Å². The fraction of sp³-hybridized carbons (Fsp3) is 0.143. The van der Waals surface area contributed by atoms with Crippen LogP contribution < -0.4 is 0 Å². The second-order valence-electron chi connectivity index (χ2n) is 2.25. The highest BCUT2D eigenvalue weighted by Crippen LogP contribution is 2.15. The number of rotatable bonds is 1. The van der Waals surface area contributed by atoms with E-state index >= 15 is 0 Å². The van der Waals surface area contributed by atoms with Crippen LogP contribution in [0.5, 0.6) is 0 Å². The van der Waals surface area contributed by atoms with Gasteiger partial charge in [0, 0.05) is 0 Å². The van der Waals surface area contributed by atoms with E-state index < -0.39 is 15.4 Å². The van der Waals surface area contributed by atoms with E-state index in [9.17, 15) is 8.42 Å². The lowest BCUT2D eigenvalue weighted by Gasteiger charge is -2.11. The van der Waals surface area contributed by atoms with Crippen molar-refractivity contribution in [2.24, 2.45) is 0 Å². The molecule has 0 saturated heterocycles. The predicted molar refractivity (Wildman–Crippen MR) is 42.8 cm³/mol. The van der Waals surface area contributed by atoms with Crippen molar-refractivity contribution in [3.05, 3.63) is 36.5 Å². The summed E-state index contributed by atoms with van der Waals surface area (Å²) in [4.78, 5) is 0. The average molecular weight is 172 g/mol. The van der Waals surface area contributed by atoms with Gasteiger partial charge < -0.3 is 0 Å². The van der Waals surface area contributed by atoms with E-state index in [-0.39, 0.29) is 0 Å². The predicted octanol–water partition coefficient (Wildman–Crippen LogP) is 0.925. The summed E-state index contributed by atoms with van der Waals surface area (Å²) in [5, 5.41) is -0.965. The molecule has 0 radical (unpaired) electrons. The van der Waals surface area contributed by atoms with E-state index in [4.69, 9.17) is 4.55 Å². The quantitative estimate of drug-likeness (QED) is 0.598. The Morgan fingerprint density at radius 1 is 1.45 bits per heavy atom. The number of hydrogen-bond donors (Lipinski definition) is 1. The highest BCUT2D eigenvalue weighted by atomic mass is 32.2. The fourth-order valence-corrected chi connectivity index (χ4v) is 1.60. The van der Waals surface area contributed by atoms with Gasteiger partial charge in [-0.25, -0.2) is 0 Å². The van der Waals surface area contributed by atoms with E-state index in [1.807, 2.05) is 0 Å². The molecule has 0 spiro atoms. The molecule has 0 fully saturated rings. The zero-order chi connectivity index (χ0) is 8.48. The molecule has 3 nitrogen and oxygen atoms in total. The van der Waals surface area contributed by atoms with Crippen LogP contribution in [0.25, 0.3) is 0 Å². The van der Waals surface area contributed by atoms with Gasteiger partial charge in [0.2, 0.25) is 0 Å². The first-order valence-electron chi connectivity index (χ1n) is 3.02. The summed E-state index contributed by atoms with van der Waals surface area (Å²) >= 11 is 0. The molecule has 0 bridgehead atoms. The molecule has 0 aliphatic heterocycles. The third kappa shape index (κ3) is 1.78. The van der Waals surface area contributed by atoms with Crippen LogP contribution in [-0.2, 0) is 10.1 Å². The van der Waals surface area contributed by atoms with Gasteiger partial charge >= 0.3 is 0 Å². The first-order valence-corrected chi connectivity index (χ1v) is 4.52. The molecular formula is C7H8O3S. The van der Waals surface area contributed by atoms with Crippen molar-refractivity contribution in [1.82, 2.24) is 0 Å². The maximum Gasteiger partial charge on any atom is 0.275 e. The number of allylic oxidation sites excluding steroid dienone is 3. The third-order valence-electron chi connectivity index (χ3n) is 1.39. The smallest absolute Gasteiger partial charge is 0.275 e. The van der Waals surface area contributed by atoms with Crippen LogP contribution in [0.15, 0.2) is 36.5 Å². The minimum Gasteiger partial charge on any atom is -0.285 e. The maximum atomic E-state index is 10.6. The molecule has 0 amide bonds. The summed E-state index contributed by atoms with van der Waals surface area (Å²) < 4.78 is 29.9. The summed E-state index contributed by atoms with van der Waals surface area (Å²) in [7, 11) is -4.01. The Bertz CT molecular complexity index is 322. The van der Waals surface area contributed by atoms with Gasteiger partial charge in [0.15, 0.2) is 0 Å². The summed E-state index contributed by atoms with van der Waals surface area (Å²) in [6, 6.07) is 0. The van der Waals surface area contributed by atoms with Crippen LogP contribution in [0.1, 0.15) is 0 Å². The fourth-order valence-electron chi connectivity index (χ4n) is 0.853. The molecular weight excluding hydrogens is 164 g/mol. The molecule has 1 aliphatic carbocycles. The monoisotopic (exact) mass is 172 g/mol. The molecule has 11 heavy (non-hydrogen) atoms. The van der Waals surface area contributed by atoms with E-state index in [2.05, 4.69) is 6.58 Å². The third-order valence-corrected chi connectivity index (χ3v) is 2.50. The van der Waals surface area contributed by atoms with Crippen molar-refractivity contribution in [2.75, 3.05) is 0 Å². The van der Waals surface area contributed by atoms with Gasteiger partial charge in [-0.1, -0.05) is 30.9 Å². The van der Waals surface area contributed by atoms with Crippen LogP contribution >= 0.6 is 0 Å². The van der Waals surface area contributed by atoms with Crippen LogP contribution in [0.3, 0.4) is 0 Å². The van der Waals surface area contributed by atoms with Gasteiger partial charge in [-0.15, -0.1) is 0 Å². The maximum absolute atomic E-state index is 10.6. The molecule has 1 unspecified atom stereocenters. The highest BCUT2D eigenvalue weighted by Gasteiger charge is 2.22. The zero-order valence-corrected chi connectivity index (χ0v) is 6.58. The number of hydrogen-bond acceptors (Lipinski definition) is 2. The molecule has 0 aromatic rings. The molecule has 0 saturated carbocycles. The van der Waals surface area contributed by atoms with Crippen molar-refractivity contribution in [1.29, 1.82) is 0 Å². The summed E-state index contributed by atoms with van der Waals surface area (Å²) in [5.41, 5.74) is 0.384. The second kappa shape index (κ2) is 2.64. The van der Waals surface area contributed by atoms with E-state index in [1.54, 1.807) is 18.2 Å². The van der Waals surface area contributed by atoms with Gasteiger partial charge in [0.05, 0.1) is 0 Å². The molecule has 1 aliphatic rings. The average Bonchev–Trinajstić information content (AvgIpc) is 1.86. The summed E-state index contributed by atoms with van der Waals surface area (Å²) in [5.74, 6) is 0. The Hall–Kier alpha value is -0.870. The van der Waals surface area contributed by atoms with Crippen LogP contribution in [0.4, 0.5) is 0 Å².